The number of allylic oxidation sites excluding steroid dienone is 16. The lowest BCUT2D eigenvalue weighted by atomic mass is 9.34. The van der Waals surface area contributed by atoms with Crippen LogP contribution in [0, 0.1) is 61.6 Å². The van der Waals surface area contributed by atoms with Gasteiger partial charge in [-0.15, -0.1) is 0 Å². The van der Waals surface area contributed by atoms with E-state index >= 15 is 0 Å². The van der Waals surface area contributed by atoms with Gasteiger partial charge in [0.25, 0.3) is 0 Å². The van der Waals surface area contributed by atoms with E-state index in [0.29, 0.717) is 39.0 Å². The Morgan fingerprint density at radius 1 is 0.758 bits per heavy atom. The van der Waals surface area contributed by atoms with Crippen LogP contribution in [0.3, 0.4) is 0 Å². The molecule has 0 heterocycles. The molecule has 0 aliphatic heterocycles. The molecule has 0 aromatic heterocycles. The maximum absolute atomic E-state index is 14.9. The standard InChI is InChI=1S/C58H84N4O4/c1-10-11-12-13-14-15-16-17-18-19-20-21-22-23-24-25-26-27-28-29-49(64)60-36-38-62(9)39-37-61-52(66)58-34-32-53(2,3)42-45(58)50-46(63)40-48-55(6)41-44(43-59)51(65)54(4,5)47(55)30-31-56(48,7)57(50,8)33-35-58/h11-12,14-15,17-18,20-21,23-24,26-27,40-41,45,47,50H,10,13,16,19,22,25,28-39,42H2,1-9H3,(H,60,64)(H,61,66). The van der Waals surface area contributed by atoms with Crippen molar-refractivity contribution in [2.75, 3.05) is 33.2 Å². The van der Waals surface area contributed by atoms with Crippen LogP contribution in [-0.4, -0.2) is 61.5 Å². The molecular formula is C58H84N4O4. The van der Waals surface area contributed by atoms with Crippen molar-refractivity contribution in [2.45, 2.75) is 152 Å². The van der Waals surface area contributed by atoms with Crippen molar-refractivity contribution in [2.24, 2.45) is 50.2 Å². The van der Waals surface area contributed by atoms with Crippen LogP contribution in [0.4, 0.5) is 0 Å². The Hall–Kier alpha value is -4.35. The number of nitrogens with one attached hydrogen (secondary N) is 2. The highest BCUT2D eigenvalue weighted by Gasteiger charge is 2.70. The second kappa shape index (κ2) is 22.6. The quantitative estimate of drug-likeness (QED) is 0.111. The summed E-state index contributed by atoms with van der Waals surface area (Å²) in [5.74, 6) is -0.218. The second-order valence-electron chi connectivity index (χ2n) is 22.3. The average Bonchev–Trinajstić information content (AvgIpc) is 3.26. The molecule has 3 saturated carbocycles. The number of nitriles is 1. The Morgan fingerprint density at radius 2 is 1.30 bits per heavy atom. The van der Waals surface area contributed by atoms with E-state index in [2.05, 4.69) is 136 Å². The van der Waals surface area contributed by atoms with E-state index in [1.807, 2.05) is 33.0 Å². The van der Waals surface area contributed by atoms with Crippen LogP contribution in [0.1, 0.15) is 152 Å². The molecule has 360 valence electrons. The highest BCUT2D eigenvalue weighted by atomic mass is 16.2. The van der Waals surface area contributed by atoms with Crippen molar-refractivity contribution in [1.29, 1.82) is 5.26 Å². The first-order chi connectivity index (χ1) is 31.3. The number of carbonyl (C=O) groups excluding carboxylic acids is 4. The third-order valence-corrected chi connectivity index (χ3v) is 17.0. The normalized spacial score (nSPS) is 31.6. The first-order valence-corrected chi connectivity index (χ1v) is 25.4. The monoisotopic (exact) mass is 901 g/mol. The van der Waals surface area contributed by atoms with E-state index in [-0.39, 0.29) is 63.0 Å². The first-order valence-electron chi connectivity index (χ1n) is 25.4. The van der Waals surface area contributed by atoms with E-state index in [9.17, 15) is 24.4 Å². The fourth-order valence-electron chi connectivity index (χ4n) is 13.0. The van der Waals surface area contributed by atoms with E-state index in [4.69, 9.17) is 0 Å². The van der Waals surface area contributed by atoms with E-state index < -0.39 is 16.2 Å². The van der Waals surface area contributed by atoms with Crippen LogP contribution < -0.4 is 10.6 Å². The summed E-state index contributed by atoms with van der Waals surface area (Å²) in [7, 11) is 2.02. The number of nitrogens with zero attached hydrogens (tertiary/aromatic N) is 2. The molecule has 0 aromatic rings. The molecule has 5 aliphatic rings. The minimum absolute atomic E-state index is 0.00244. The summed E-state index contributed by atoms with van der Waals surface area (Å²) >= 11 is 0. The fourth-order valence-corrected chi connectivity index (χ4v) is 13.0. The van der Waals surface area contributed by atoms with Gasteiger partial charge < -0.3 is 15.5 Å². The summed E-state index contributed by atoms with van der Waals surface area (Å²) in [6.07, 6.45) is 42.7. The van der Waals surface area contributed by atoms with Crippen molar-refractivity contribution in [3.63, 3.8) is 0 Å². The lowest BCUT2D eigenvalue weighted by Crippen LogP contribution is -2.66. The van der Waals surface area contributed by atoms with E-state index in [1.54, 1.807) is 0 Å². The number of likely N-dealkylation sites (N-methyl/N-ethyl adjacent to an activating group) is 1. The summed E-state index contributed by atoms with van der Waals surface area (Å²) in [5.41, 5.74) is -1.28. The van der Waals surface area contributed by atoms with E-state index in [1.165, 1.54) is 0 Å². The minimum atomic E-state index is -0.705. The van der Waals surface area contributed by atoms with Gasteiger partial charge in [0, 0.05) is 49.3 Å². The Kier molecular flexibility index (Phi) is 18.0. The first kappa shape index (κ1) is 52.6. The smallest absolute Gasteiger partial charge is 0.226 e. The number of hydrogen-bond donors (Lipinski definition) is 2. The van der Waals surface area contributed by atoms with Gasteiger partial charge in [0.1, 0.15) is 6.07 Å². The Bertz CT molecular complexity index is 2060. The topological polar surface area (TPSA) is 119 Å². The number of Topliss-reactive ketones (excluding diaryl/α,β-unsaturated/α-hetero) is 1. The zero-order chi connectivity index (χ0) is 48.2. The molecule has 3 fully saturated rings. The molecule has 2 N–H and O–H groups in total. The molecule has 0 spiro atoms. The molecule has 2 amide bonds. The molecule has 5 rings (SSSR count). The lowest BCUT2D eigenvalue weighted by molar-refractivity contribution is -0.178. The lowest BCUT2D eigenvalue weighted by Gasteiger charge is -2.69. The van der Waals surface area contributed by atoms with Gasteiger partial charge in [-0.2, -0.15) is 5.26 Å². The zero-order valence-electron chi connectivity index (χ0n) is 42.3. The third-order valence-electron chi connectivity index (χ3n) is 17.0. The third kappa shape index (κ3) is 11.5. The molecule has 0 bridgehead atoms. The van der Waals surface area contributed by atoms with Crippen molar-refractivity contribution in [1.82, 2.24) is 15.5 Å². The van der Waals surface area contributed by atoms with E-state index in [0.717, 1.165) is 89.0 Å². The zero-order valence-corrected chi connectivity index (χ0v) is 42.3. The number of hydrogen-bond acceptors (Lipinski definition) is 6. The molecule has 66 heavy (non-hydrogen) atoms. The summed E-state index contributed by atoms with van der Waals surface area (Å²) in [6, 6.07) is 2.21. The average molecular weight is 901 g/mol. The molecule has 8 heteroatoms. The van der Waals surface area contributed by atoms with Crippen LogP contribution in [0.25, 0.3) is 0 Å². The molecule has 0 aromatic carbocycles. The second-order valence-corrected chi connectivity index (χ2v) is 22.3. The maximum Gasteiger partial charge on any atom is 0.226 e. The van der Waals surface area contributed by atoms with Gasteiger partial charge in [0.15, 0.2) is 11.6 Å². The SMILES string of the molecule is CCC=CCC=CCC=CCC=CCC=CCC=CCCC(=O)NCCN(C)CCNC(=O)C12CCC(C)(C)CC1C1C(=O)C=C3C4(C)C=C(C#N)C(=O)C(C)(C)C4CCC3(C)C1(C)CC2. The van der Waals surface area contributed by atoms with Gasteiger partial charge in [0.2, 0.25) is 11.8 Å². The highest BCUT2D eigenvalue weighted by molar-refractivity contribution is 6.04. The van der Waals surface area contributed by atoms with Gasteiger partial charge in [-0.25, -0.2) is 0 Å². The van der Waals surface area contributed by atoms with Crippen LogP contribution in [0.2, 0.25) is 0 Å². The Morgan fingerprint density at radius 3 is 1.88 bits per heavy atom. The molecule has 7 atom stereocenters. The molecular weight excluding hydrogens is 817 g/mol. The van der Waals surface area contributed by atoms with Crippen LogP contribution in [0.5, 0.6) is 0 Å². The summed E-state index contributed by atoms with van der Waals surface area (Å²) in [4.78, 5) is 57.7. The number of ketones is 2. The molecule has 7 unspecified atom stereocenters. The number of fused-ring (bicyclic) bond motifs is 7. The predicted octanol–water partition coefficient (Wildman–Crippen LogP) is 11.8. The van der Waals surface area contributed by atoms with Crippen molar-refractivity contribution in [3.05, 3.63) is 96.2 Å². The predicted molar refractivity (Wildman–Crippen MR) is 270 cm³/mol. The van der Waals surface area contributed by atoms with Gasteiger partial charge in [0.05, 0.1) is 11.0 Å². The van der Waals surface area contributed by atoms with Crippen molar-refractivity contribution < 1.29 is 19.2 Å². The summed E-state index contributed by atoms with van der Waals surface area (Å²) in [6.45, 7) is 19.9. The van der Waals surface area contributed by atoms with Gasteiger partial charge in [-0.3, -0.25) is 19.2 Å². The molecule has 0 radical (unpaired) electrons. The van der Waals surface area contributed by atoms with Crippen LogP contribution >= 0.6 is 0 Å². The molecule has 5 aliphatic carbocycles. The molecule has 0 saturated heterocycles. The molecule has 8 nitrogen and oxygen atoms in total. The Labute approximate surface area is 399 Å². The minimum Gasteiger partial charge on any atom is -0.355 e. The summed E-state index contributed by atoms with van der Waals surface area (Å²) < 4.78 is 0. The van der Waals surface area contributed by atoms with Crippen LogP contribution in [0.15, 0.2) is 96.2 Å². The van der Waals surface area contributed by atoms with Crippen molar-refractivity contribution >= 4 is 23.4 Å². The van der Waals surface area contributed by atoms with Crippen molar-refractivity contribution in [3.8, 4) is 6.07 Å². The largest absolute Gasteiger partial charge is 0.355 e. The number of amides is 2. The van der Waals surface area contributed by atoms with Crippen LogP contribution in [-0.2, 0) is 19.2 Å². The number of carbonyl (C=O) groups is 4. The van der Waals surface area contributed by atoms with Gasteiger partial charge in [-0.1, -0.05) is 140 Å². The van der Waals surface area contributed by atoms with Gasteiger partial charge >= 0.3 is 0 Å². The summed E-state index contributed by atoms with van der Waals surface area (Å²) in [5, 5.41) is 16.5. The number of rotatable bonds is 21. The maximum atomic E-state index is 14.9. The van der Waals surface area contributed by atoms with Gasteiger partial charge in [-0.05, 0) is 131 Å². The highest BCUT2D eigenvalue weighted by Crippen LogP contribution is 2.74. The Balaban J connectivity index is 1.06. The fraction of sp³-hybridized carbons (Fsp3) is 0.638.